The highest BCUT2D eigenvalue weighted by Crippen LogP contribution is 2.27. The summed E-state index contributed by atoms with van der Waals surface area (Å²) < 4.78 is 27.5. The maximum atomic E-state index is 12.6. The minimum absolute atomic E-state index is 0.198. The summed E-state index contributed by atoms with van der Waals surface area (Å²) in [6.07, 6.45) is -2.54. The molecular weight excluding hydrogens is 290 g/mol. The summed E-state index contributed by atoms with van der Waals surface area (Å²) in [5.74, 6) is 0. The first-order valence-electron chi connectivity index (χ1n) is 5.11. The molecule has 0 bridgehead atoms. The summed E-state index contributed by atoms with van der Waals surface area (Å²) >= 11 is 3.45. The first-order chi connectivity index (χ1) is 8.00. The molecule has 1 aromatic carbocycles. The lowest BCUT2D eigenvalue weighted by molar-refractivity contribution is 0.145. The first-order valence-corrected chi connectivity index (χ1v) is 5.90. The van der Waals surface area contributed by atoms with Gasteiger partial charge in [-0.3, -0.25) is 0 Å². The van der Waals surface area contributed by atoms with Crippen molar-refractivity contribution in [3.63, 3.8) is 0 Å². The molecular formula is C12H11BrF2N2. The molecule has 17 heavy (non-hydrogen) atoms. The quantitative estimate of drug-likeness (QED) is 0.813. The van der Waals surface area contributed by atoms with E-state index in [0.717, 1.165) is 15.7 Å². The number of halogens is 3. The SMILES string of the molecule is Cc1cccc(-n2nc(C(F)F)cc2C)c1Br. The standard InChI is InChI=1S/C12H11BrF2N2/c1-7-4-3-5-10(11(7)13)17-8(2)6-9(16-17)12(14)15/h3-6,12H,1-2H3. The number of hydrogen-bond acceptors (Lipinski definition) is 1. The van der Waals surface area contributed by atoms with Crippen molar-refractivity contribution in [3.05, 3.63) is 45.7 Å². The van der Waals surface area contributed by atoms with Crippen LogP contribution in [0.4, 0.5) is 8.78 Å². The van der Waals surface area contributed by atoms with Gasteiger partial charge in [0.05, 0.1) is 5.69 Å². The zero-order valence-electron chi connectivity index (χ0n) is 9.42. The zero-order chi connectivity index (χ0) is 12.6. The second kappa shape index (κ2) is 4.56. The molecule has 0 aliphatic rings. The predicted molar refractivity (Wildman–Crippen MR) is 65.7 cm³/mol. The van der Waals surface area contributed by atoms with Gasteiger partial charge in [-0.1, -0.05) is 12.1 Å². The van der Waals surface area contributed by atoms with Gasteiger partial charge in [-0.15, -0.1) is 0 Å². The van der Waals surface area contributed by atoms with Gasteiger partial charge in [-0.05, 0) is 47.5 Å². The number of nitrogens with zero attached hydrogens (tertiary/aromatic N) is 2. The van der Waals surface area contributed by atoms with Crippen LogP contribution in [-0.4, -0.2) is 9.78 Å². The molecule has 0 unspecified atom stereocenters. The highest BCUT2D eigenvalue weighted by atomic mass is 79.9. The Bertz CT molecular complexity index is 549. The van der Waals surface area contributed by atoms with Crippen LogP contribution in [-0.2, 0) is 0 Å². The Morgan fingerprint density at radius 2 is 2.00 bits per heavy atom. The number of aromatic nitrogens is 2. The van der Waals surface area contributed by atoms with Crippen molar-refractivity contribution < 1.29 is 8.78 Å². The average Bonchev–Trinajstić information content (AvgIpc) is 2.65. The molecule has 1 aromatic heterocycles. The lowest BCUT2D eigenvalue weighted by Gasteiger charge is -2.08. The number of alkyl halides is 2. The van der Waals surface area contributed by atoms with Gasteiger partial charge in [0.1, 0.15) is 5.69 Å². The number of aryl methyl sites for hydroxylation is 2. The summed E-state index contributed by atoms with van der Waals surface area (Å²) in [5, 5.41) is 3.92. The van der Waals surface area contributed by atoms with Gasteiger partial charge in [0.2, 0.25) is 0 Å². The van der Waals surface area contributed by atoms with Gasteiger partial charge >= 0.3 is 0 Å². The van der Waals surface area contributed by atoms with Gasteiger partial charge in [-0.2, -0.15) is 5.10 Å². The van der Waals surface area contributed by atoms with E-state index in [1.54, 1.807) is 6.92 Å². The van der Waals surface area contributed by atoms with Gasteiger partial charge < -0.3 is 0 Å². The molecule has 0 fully saturated rings. The highest BCUT2D eigenvalue weighted by Gasteiger charge is 2.15. The highest BCUT2D eigenvalue weighted by molar-refractivity contribution is 9.10. The fraction of sp³-hybridized carbons (Fsp3) is 0.250. The van der Waals surface area contributed by atoms with Gasteiger partial charge in [0.15, 0.2) is 0 Å². The van der Waals surface area contributed by atoms with Gasteiger partial charge in [-0.25, -0.2) is 13.5 Å². The summed E-state index contributed by atoms with van der Waals surface area (Å²) in [4.78, 5) is 0. The molecule has 2 nitrogen and oxygen atoms in total. The van der Waals surface area contributed by atoms with Crippen LogP contribution in [0.15, 0.2) is 28.7 Å². The van der Waals surface area contributed by atoms with Crippen LogP contribution in [0.2, 0.25) is 0 Å². The van der Waals surface area contributed by atoms with Crippen LogP contribution in [0.1, 0.15) is 23.4 Å². The van der Waals surface area contributed by atoms with Crippen LogP contribution in [0.25, 0.3) is 5.69 Å². The van der Waals surface area contributed by atoms with E-state index in [2.05, 4.69) is 21.0 Å². The molecule has 2 aromatic rings. The van der Waals surface area contributed by atoms with Crippen molar-refractivity contribution in [3.8, 4) is 5.69 Å². The molecule has 0 amide bonds. The number of benzene rings is 1. The summed E-state index contributed by atoms with van der Waals surface area (Å²) in [6.45, 7) is 3.70. The van der Waals surface area contributed by atoms with Crippen molar-refractivity contribution in [1.29, 1.82) is 0 Å². The van der Waals surface area contributed by atoms with E-state index in [1.165, 1.54) is 10.7 Å². The van der Waals surface area contributed by atoms with Gasteiger partial charge in [0.25, 0.3) is 6.43 Å². The Morgan fingerprint density at radius 3 is 2.59 bits per heavy atom. The van der Waals surface area contributed by atoms with Gasteiger partial charge in [0, 0.05) is 10.2 Å². The smallest absolute Gasteiger partial charge is 0.236 e. The maximum absolute atomic E-state index is 12.6. The third-order valence-corrected chi connectivity index (χ3v) is 3.56. The van der Waals surface area contributed by atoms with Crippen LogP contribution in [0.3, 0.4) is 0 Å². The van der Waals surface area contributed by atoms with Crippen LogP contribution in [0.5, 0.6) is 0 Å². The van der Waals surface area contributed by atoms with Crippen LogP contribution >= 0.6 is 15.9 Å². The van der Waals surface area contributed by atoms with E-state index >= 15 is 0 Å². The van der Waals surface area contributed by atoms with E-state index in [4.69, 9.17) is 0 Å². The van der Waals surface area contributed by atoms with Crippen molar-refractivity contribution in [1.82, 2.24) is 9.78 Å². The summed E-state index contributed by atoms with van der Waals surface area (Å²) in [7, 11) is 0. The lowest BCUT2D eigenvalue weighted by Crippen LogP contribution is -2.01. The normalized spacial score (nSPS) is 11.2. The molecule has 0 N–H and O–H groups in total. The lowest BCUT2D eigenvalue weighted by atomic mass is 10.2. The van der Waals surface area contributed by atoms with E-state index < -0.39 is 6.43 Å². The van der Waals surface area contributed by atoms with E-state index in [0.29, 0.717) is 5.69 Å². The van der Waals surface area contributed by atoms with Crippen LogP contribution in [0, 0.1) is 13.8 Å². The average molecular weight is 301 g/mol. The monoisotopic (exact) mass is 300 g/mol. The molecule has 1 heterocycles. The summed E-state index contributed by atoms with van der Waals surface area (Å²) in [6, 6.07) is 7.06. The molecule has 0 aliphatic heterocycles. The topological polar surface area (TPSA) is 17.8 Å². The molecule has 90 valence electrons. The van der Waals surface area contributed by atoms with E-state index in [-0.39, 0.29) is 5.69 Å². The first kappa shape index (κ1) is 12.2. The Balaban J connectivity index is 2.57. The Morgan fingerprint density at radius 1 is 1.29 bits per heavy atom. The minimum atomic E-state index is -2.54. The van der Waals surface area contributed by atoms with Crippen molar-refractivity contribution in [2.24, 2.45) is 0 Å². The molecule has 0 radical (unpaired) electrons. The maximum Gasteiger partial charge on any atom is 0.282 e. The second-order valence-corrected chi connectivity index (χ2v) is 4.62. The molecule has 0 saturated carbocycles. The predicted octanol–water partition coefficient (Wildman–Crippen LogP) is 4.19. The Kier molecular flexibility index (Phi) is 3.28. The minimum Gasteiger partial charge on any atom is -0.236 e. The molecule has 2 rings (SSSR count). The largest absolute Gasteiger partial charge is 0.282 e. The number of rotatable bonds is 2. The Labute approximate surface area is 106 Å². The molecule has 0 aliphatic carbocycles. The zero-order valence-corrected chi connectivity index (χ0v) is 11.0. The Hall–Kier alpha value is -1.23. The van der Waals surface area contributed by atoms with Crippen molar-refractivity contribution >= 4 is 15.9 Å². The summed E-state index contributed by atoms with van der Waals surface area (Å²) in [5.41, 5.74) is 2.30. The van der Waals surface area contributed by atoms with E-state index in [1.807, 2.05) is 25.1 Å². The van der Waals surface area contributed by atoms with E-state index in [9.17, 15) is 8.78 Å². The van der Waals surface area contributed by atoms with Crippen LogP contribution < -0.4 is 0 Å². The van der Waals surface area contributed by atoms with Crippen molar-refractivity contribution in [2.75, 3.05) is 0 Å². The molecule has 5 heteroatoms. The molecule has 0 saturated heterocycles. The van der Waals surface area contributed by atoms with Crippen molar-refractivity contribution in [2.45, 2.75) is 20.3 Å². The number of hydrogen-bond donors (Lipinski definition) is 0. The second-order valence-electron chi connectivity index (χ2n) is 3.83. The fourth-order valence-corrected chi connectivity index (χ4v) is 2.08. The molecule has 0 atom stereocenters. The third-order valence-electron chi connectivity index (χ3n) is 2.53. The fourth-order valence-electron chi connectivity index (χ4n) is 1.64. The third kappa shape index (κ3) is 2.24. The molecule has 0 spiro atoms.